The van der Waals surface area contributed by atoms with Crippen molar-refractivity contribution >= 4 is 48.4 Å². The van der Waals surface area contributed by atoms with Gasteiger partial charge in [-0.15, -0.1) is 0 Å². The third-order valence-corrected chi connectivity index (χ3v) is 14.5. The van der Waals surface area contributed by atoms with E-state index in [1.807, 2.05) is 80.4 Å². The van der Waals surface area contributed by atoms with Crippen molar-refractivity contribution in [2.75, 3.05) is 85.8 Å². The second-order valence-corrected chi connectivity index (χ2v) is 19.6. The highest BCUT2D eigenvalue weighted by molar-refractivity contribution is 5.98. The van der Waals surface area contributed by atoms with Crippen LogP contribution in [0.1, 0.15) is 104 Å². The van der Waals surface area contributed by atoms with Crippen LogP contribution in [0, 0.1) is 11.8 Å². The maximum Gasteiger partial charge on any atom is 0.237 e. The molecule has 0 aliphatic carbocycles. The van der Waals surface area contributed by atoms with Gasteiger partial charge in [0.05, 0.1) is 17.5 Å². The molecule has 3 aliphatic heterocycles. The Bertz CT molecular complexity index is 2380. The highest BCUT2D eigenvalue weighted by Crippen LogP contribution is 2.36. The van der Waals surface area contributed by atoms with Crippen LogP contribution in [0.4, 0.5) is 5.82 Å². The Kier molecular flexibility index (Phi) is 25.5. The standard InChI is InChI=1S/C40H57N9O.C8H16N2O2.C8H6O2.CH2O/c1-30-15-24-47(25-16-30)26-17-31-11-20-42-22-13-33(14-23-43-21-12-31)48-27-18-34(19-28-48)49-40-37(39(41)44-29-45-40)38(46-49)32-7-9-36(10-8-32)50-35-5-3-2-4-6-35;1-9-8(12)7(10(2)3)5-4-6-11;9-5-7-3-1-2-4-8(7)6-10;1-2/h2-10,29-31,33-34,42-43H,11-28H2,1H3,(H2,41,44,45);6-7H,4-5H2,1-3H3,(H,9,12);1-6H;1H2. The third kappa shape index (κ3) is 18.0. The minimum Gasteiger partial charge on any atom is -0.457 e. The highest BCUT2D eigenvalue weighted by atomic mass is 16.5. The summed E-state index contributed by atoms with van der Waals surface area (Å²) >= 11 is 0. The molecular weight excluding hydrogens is 935 g/mol. The predicted molar refractivity (Wildman–Crippen MR) is 294 cm³/mol. The van der Waals surface area contributed by atoms with Crippen LogP contribution in [0.2, 0.25) is 0 Å². The number of hydrogen-bond acceptors (Lipinski definition) is 15. The molecule has 3 fully saturated rings. The quantitative estimate of drug-likeness (QED) is 0.0769. The lowest BCUT2D eigenvalue weighted by Gasteiger charge is -2.38. The number of hydrogen-bond donors (Lipinski definition) is 4. The lowest BCUT2D eigenvalue weighted by molar-refractivity contribution is -0.125. The van der Waals surface area contributed by atoms with Crippen LogP contribution < -0.4 is 26.4 Å². The number of rotatable bonds is 15. The van der Waals surface area contributed by atoms with Gasteiger partial charge in [-0.25, -0.2) is 14.6 Å². The number of fused-ring (bicyclic) bond motifs is 1. The van der Waals surface area contributed by atoms with E-state index in [2.05, 4.69) is 42.3 Å². The summed E-state index contributed by atoms with van der Waals surface area (Å²) in [6.07, 6.45) is 15.9. The fourth-order valence-electron chi connectivity index (χ4n) is 9.99. The summed E-state index contributed by atoms with van der Waals surface area (Å²) in [4.78, 5) is 66.0. The minimum atomic E-state index is -0.194. The average molecular weight is 1020 g/mol. The van der Waals surface area contributed by atoms with Crippen molar-refractivity contribution in [2.24, 2.45) is 11.8 Å². The largest absolute Gasteiger partial charge is 0.457 e. The van der Waals surface area contributed by atoms with Gasteiger partial charge in [0.1, 0.15) is 42.4 Å². The van der Waals surface area contributed by atoms with E-state index < -0.39 is 0 Å². The van der Waals surface area contributed by atoms with E-state index in [-0.39, 0.29) is 18.0 Å². The van der Waals surface area contributed by atoms with Gasteiger partial charge >= 0.3 is 0 Å². The number of nitrogens with zero attached hydrogens (tertiary/aromatic N) is 7. The van der Waals surface area contributed by atoms with Crippen molar-refractivity contribution in [3.05, 3.63) is 96.3 Å². The first kappa shape index (κ1) is 58.6. The zero-order valence-corrected chi connectivity index (χ0v) is 44.2. The maximum absolute atomic E-state index is 11.2. The van der Waals surface area contributed by atoms with Gasteiger partial charge < -0.3 is 45.8 Å². The molecule has 0 saturated carbocycles. The van der Waals surface area contributed by atoms with Gasteiger partial charge in [-0.1, -0.05) is 49.4 Å². The molecule has 2 aromatic heterocycles. The fourth-order valence-corrected chi connectivity index (χ4v) is 9.99. The number of carbonyl (C=O) groups excluding carboxylic acids is 5. The van der Waals surface area contributed by atoms with Gasteiger partial charge in [0.15, 0.2) is 18.2 Å². The van der Waals surface area contributed by atoms with Gasteiger partial charge in [-0.2, -0.15) is 5.10 Å². The van der Waals surface area contributed by atoms with E-state index in [4.69, 9.17) is 25.3 Å². The first-order valence-corrected chi connectivity index (χ1v) is 26.4. The fraction of sp³-hybridized carbons (Fsp3) is 0.509. The van der Waals surface area contributed by atoms with E-state index in [1.54, 1.807) is 37.6 Å². The summed E-state index contributed by atoms with van der Waals surface area (Å²) in [6.45, 7) is 14.9. The number of aldehydes is 3. The zero-order chi connectivity index (χ0) is 53.1. The molecule has 5 heterocycles. The molecule has 3 saturated heterocycles. The number of benzene rings is 3. The number of piperidine rings is 2. The minimum absolute atomic E-state index is 0.0400. The summed E-state index contributed by atoms with van der Waals surface area (Å²) in [5, 5.41) is 16.2. The molecule has 0 bridgehead atoms. The lowest BCUT2D eigenvalue weighted by Crippen LogP contribution is -2.44. The molecule has 3 aliphatic rings. The number of para-hydroxylation sites is 1. The summed E-state index contributed by atoms with van der Waals surface area (Å²) < 4.78 is 8.15. The van der Waals surface area contributed by atoms with Crippen molar-refractivity contribution < 1.29 is 28.7 Å². The maximum atomic E-state index is 11.2. The number of carbonyl (C=O) groups is 5. The number of likely N-dealkylation sites (N-methyl/N-ethyl adjacent to an activating group) is 2. The highest BCUT2D eigenvalue weighted by Gasteiger charge is 2.29. The van der Waals surface area contributed by atoms with E-state index in [1.165, 1.54) is 64.6 Å². The zero-order valence-electron chi connectivity index (χ0n) is 44.2. The van der Waals surface area contributed by atoms with Gasteiger partial charge in [0, 0.05) is 49.3 Å². The Balaban J connectivity index is 0.000000349. The Morgan fingerprint density at radius 1 is 0.784 bits per heavy atom. The first-order chi connectivity index (χ1) is 36.1. The van der Waals surface area contributed by atoms with E-state index >= 15 is 0 Å². The Labute approximate surface area is 438 Å². The lowest BCUT2D eigenvalue weighted by atomic mass is 9.94. The van der Waals surface area contributed by atoms with Crippen molar-refractivity contribution in [1.29, 1.82) is 0 Å². The molecule has 400 valence electrons. The predicted octanol–water partition coefficient (Wildman–Crippen LogP) is 7.13. The van der Waals surface area contributed by atoms with Crippen molar-refractivity contribution in [2.45, 2.75) is 95.7 Å². The van der Waals surface area contributed by atoms with Gasteiger partial charge in [0.25, 0.3) is 0 Å². The topological polar surface area (TPSA) is 210 Å². The second-order valence-electron chi connectivity index (χ2n) is 19.6. The van der Waals surface area contributed by atoms with E-state index in [0.717, 1.165) is 104 Å². The van der Waals surface area contributed by atoms with E-state index in [0.29, 0.717) is 48.4 Å². The number of amides is 1. The smallest absolute Gasteiger partial charge is 0.237 e. The number of aromatic nitrogens is 4. The molecule has 1 atom stereocenters. The number of anilines is 1. The second kappa shape index (κ2) is 32.2. The van der Waals surface area contributed by atoms with Crippen LogP contribution >= 0.6 is 0 Å². The van der Waals surface area contributed by atoms with Gasteiger partial charge in [-0.05, 0) is 172 Å². The van der Waals surface area contributed by atoms with Crippen molar-refractivity contribution in [3.63, 3.8) is 0 Å². The molecule has 17 nitrogen and oxygen atoms in total. The van der Waals surface area contributed by atoms with Gasteiger partial charge in [0.2, 0.25) is 5.91 Å². The Morgan fingerprint density at radius 3 is 1.93 bits per heavy atom. The van der Waals surface area contributed by atoms with Crippen LogP contribution in [0.15, 0.2) is 85.2 Å². The summed E-state index contributed by atoms with van der Waals surface area (Å²) in [6, 6.07) is 25.2. The number of nitrogen functional groups attached to an aromatic ring is 1. The molecule has 3 aromatic carbocycles. The van der Waals surface area contributed by atoms with Gasteiger partial charge in [-0.3, -0.25) is 19.3 Å². The molecule has 74 heavy (non-hydrogen) atoms. The summed E-state index contributed by atoms with van der Waals surface area (Å²) in [5.41, 5.74) is 9.97. The molecule has 0 spiro atoms. The van der Waals surface area contributed by atoms with Crippen molar-refractivity contribution in [1.82, 2.24) is 50.4 Å². The normalized spacial score (nSPS) is 18.8. The SMILES string of the molecule is C=O.CC1CCN(CCC2CCNCCC(N3CCC(n4nc(-c5ccc(Oc6ccccc6)cc5)c5c(N)ncnc54)CC3)CCNCC2)CC1.CNC(=O)C(CCC=O)N(C)C.O=Cc1ccccc1C=O. The molecule has 17 heteroatoms. The summed E-state index contributed by atoms with van der Waals surface area (Å²) in [7, 11) is 5.25. The van der Waals surface area contributed by atoms with Crippen LogP contribution in [0.3, 0.4) is 0 Å². The van der Waals surface area contributed by atoms with Crippen LogP contribution in [0.5, 0.6) is 11.5 Å². The van der Waals surface area contributed by atoms with Crippen LogP contribution in [-0.4, -0.2) is 158 Å². The number of nitrogens with one attached hydrogen (secondary N) is 3. The molecule has 5 N–H and O–H groups in total. The molecule has 1 unspecified atom stereocenters. The van der Waals surface area contributed by atoms with E-state index in [9.17, 15) is 19.2 Å². The third-order valence-electron chi connectivity index (χ3n) is 14.5. The van der Waals surface area contributed by atoms with Crippen LogP contribution in [0.25, 0.3) is 22.3 Å². The summed E-state index contributed by atoms with van der Waals surface area (Å²) in [5.74, 6) is 3.74. The molecule has 8 rings (SSSR count). The molecule has 1 amide bonds. The Hall–Kier alpha value is -6.24. The first-order valence-electron chi connectivity index (χ1n) is 26.4. The molecular formula is C57H81N11O6. The number of nitrogens with two attached hydrogens (primary N) is 1. The molecule has 0 radical (unpaired) electrons. The monoisotopic (exact) mass is 1020 g/mol. The van der Waals surface area contributed by atoms with Crippen molar-refractivity contribution in [3.8, 4) is 22.8 Å². The number of ether oxygens (including phenoxy) is 1. The number of likely N-dealkylation sites (tertiary alicyclic amines) is 2. The molecule has 5 aromatic rings. The van der Waals surface area contributed by atoms with Crippen LogP contribution in [-0.2, 0) is 14.4 Å². The Morgan fingerprint density at radius 2 is 1.36 bits per heavy atom. The average Bonchev–Trinajstić information content (AvgIpc) is 3.83.